The molecule has 0 atom stereocenters. The topological polar surface area (TPSA) is 65.4 Å². The lowest BCUT2D eigenvalue weighted by atomic mass is 10.1. The molecular formula is C13H7FN4. The smallest absolute Gasteiger partial charge is 0.141 e. The van der Waals surface area contributed by atoms with Crippen LogP contribution in [0.4, 0.5) is 4.39 Å². The van der Waals surface area contributed by atoms with Crippen molar-refractivity contribution >= 4 is 11.0 Å². The number of nitrogens with one attached hydrogen (secondary N) is 1. The van der Waals surface area contributed by atoms with Crippen LogP contribution in [0.25, 0.3) is 22.3 Å². The molecule has 0 unspecified atom stereocenters. The second kappa shape index (κ2) is 3.93. The molecule has 18 heavy (non-hydrogen) atoms. The fraction of sp³-hybridized carbons (Fsp3) is 0. The number of rotatable bonds is 1. The second-order valence-corrected chi connectivity index (χ2v) is 3.79. The number of aromatic nitrogens is 3. The monoisotopic (exact) mass is 238 g/mol. The standard InChI is InChI=1S/C13H7FN4/c14-9-3-1-2-8(6-9)12-13-11(17-18-12)5-4-10(7-15)16-13/h1-6H,(H,17,18). The molecule has 0 bridgehead atoms. The van der Waals surface area contributed by atoms with Gasteiger partial charge in [-0.3, -0.25) is 5.10 Å². The van der Waals surface area contributed by atoms with E-state index in [1.807, 2.05) is 6.07 Å². The van der Waals surface area contributed by atoms with E-state index in [0.717, 1.165) is 0 Å². The van der Waals surface area contributed by atoms with Crippen molar-refractivity contribution in [3.8, 4) is 17.3 Å². The largest absolute Gasteiger partial charge is 0.276 e. The number of nitrogens with zero attached hydrogens (tertiary/aromatic N) is 3. The first-order chi connectivity index (χ1) is 8.78. The Bertz CT molecular complexity index is 770. The van der Waals surface area contributed by atoms with Crippen LogP contribution in [0.15, 0.2) is 36.4 Å². The van der Waals surface area contributed by atoms with Gasteiger partial charge in [-0.15, -0.1) is 0 Å². The molecule has 5 heteroatoms. The SMILES string of the molecule is N#Cc1ccc2[nH]nc(-c3cccc(F)c3)c2n1. The summed E-state index contributed by atoms with van der Waals surface area (Å²) in [5.41, 5.74) is 2.76. The fourth-order valence-corrected chi connectivity index (χ4v) is 1.80. The molecule has 0 aliphatic rings. The third kappa shape index (κ3) is 1.60. The van der Waals surface area contributed by atoms with Gasteiger partial charge >= 0.3 is 0 Å². The van der Waals surface area contributed by atoms with Crippen molar-refractivity contribution in [3.05, 3.63) is 47.9 Å². The maximum absolute atomic E-state index is 13.2. The van der Waals surface area contributed by atoms with Crippen molar-refractivity contribution in [3.63, 3.8) is 0 Å². The van der Waals surface area contributed by atoms with Gasteiger partial charge in [-0.1, -0.05) is 12.1 Å². The summed E-state index contributed by atoms with van der Waals surface area (Å²) < 4.78 is 13.2. The Morgan fingerprint density at radius 1 is 1.22 bits per heavy atom. The van der Waals surface area contributed by atoms with Crippen molar-refractivity contribution < 1.29 is 4.39 Å². The molecule has 0 saturated heterocycles. The first kappa shape index (κ1) is 10.4. The van der Waals surface area contributed by atoms with Crippen LogP contribution in [0.2, 0.25) is 0 Å². The lowest BCUT2D eigenvalue weighted by molar-refractivity contribution is 0.628. The van der Waals surface area contributed by atoms with Crippen LogP contribution in [-0.4, -0.2) is 15.2 Å². The van der Waals surface area contributed by atoms with Gasteiger partial charge in [0.25, 0.3) is 0 Å². The number of H-pyrrole nitrogens is 1. The van der Waals surface area contributed by atoms with E-state index in [0.29, 0.717) is 28.0 Å². The van der Waals surface area contributed by atoms with Gasteiger partial charge in [0.15, 0.2) is 0 Å². The lowest BCUT2D eigenvalue weighted by Crippen LogP contribution is -1.85. The zero-order chi connectivity index (χ0) is 12.5. The van der Waals surface area contributed by atoms with E-state index in [1.54, 1.807) is 24.3 Å². The molecule has 3 aromatic rings. The molecule has 0 saturated carbocycles. The number of halogens is 1. The van der Waals surface area contributed by atoms with Gasteiger partial charge in [0.1, 0.15) is 28.8 Å². The van der Waals surface area contributed by atoms with Crippen LogP contribution in [0.3, 0.4) is 0 Å². The van der Waals surface area contributed by atoms with Crippen LogP contribution < -0.4 is 0 Å². The van der Waals surface area contributed by atoms with Gasteiger partial charge < -0.3 is 0 Å². The third-order valence-corrected chi connectivity index (χ3v) is 2.62. The molecule has 0 fully saturated rings. The van der Waals surface area contributed by atoms with Crippen LogP contribution in [-0.2, 0) is 0 Å². The highest BCUT2D eigenvalue weighted by Gasteiger charge is 2.10. The van der Waals surface area contributed by atoms with Gasteiger partial charge in [-0.05, 0) is 24.3 Å². The number of hydrogen-bond donors (Lipinski definition) is 1. The summed E-state index contributed by atoms with van der Waals surface area (Å²) in [6.45, 7) is 0. The predicted molar refractivity (Wildman–Crippen MR) is 64.0 cm³/mol. The predicted octanol–water partition coefficient (Wildman–Crippen LogP) is 2.64. The Morgan fingerprint density at radius 2 is 2.11 bits per heavy atom. The maximum Gasteiger partial charge on any atom is 0.141 e. The quantitative estimate of drug-likeness (QED) is 0.708. The highest BCUT2D eigenvalue weighted by atomic mass is 19.1. The number of aromatic amines is 1. The molecule has 1 aromatic carbocycles. The van der Waals surface area contributed by atoms with Crippen molar-refractivity contribution in [1.82, 2.24) is 15.2 Å². The van der Waals surface area contributed by atoms with Gasteiger partial charge in [0.05, 0.1) is 5.52 Å². The van der Waals surface area contributed by atoms with E-state index in [4.69, 9.17) is 5.26 Å². The van der Waals surface area contributed by atoms with Crippen LogP contribution in [0.1, 0.15) is 5.69 Å². The van der Waals surface area contributed by atoms with Crippen LogP contribution in [0, 0.1) is 17.1 Å². The minimum Gasteiger partial charge on any atom is -0.276 e. The van der Waals surface area contributed by atoms with Crippen molar-refractivity contribution in [1.29, 1.82) is 5.26 Å². The summed E-state index contributed by atoms with van der Waals surface area (Å²) in [6, 6.07) is 11.4. The molecule has 3 rings (SSSR count). The molecule has 4 nitrogen and oxygen atoms in total. The van der Waals surface area contributed by atoms with E-state index in [9.17, 15) is 4.39 Å². The molecule has 0 aliphatic heterocycles. The summed E-state index contributed by atoms with van der Waals surface area (Å²) in [6.07, 6.45) is 0. The average molecular weight is 238 g/mol. The second-order valence-electron chi connectivity index (χ2n) is 3.79. The molecule has 1 N–H and O–H groups in total. The molecule has 0 spiro atoms. The molecule has 0 radical (unpaired) electrons. The van der Waals surface area contributed by atoms with Crippen LogP contribution in [0.5, 0.6) is 0 Å². The van der Waals surface area contributed by atoms with Crippen molar-refractivity contribution in [2.75, 3.05) is 0 Å². The maximum atomic E-state index is 13.2. The van der Waals surface area contributed by atoms with Crippen LogP contribution >= 0.6 is 0 Å². The zero-order valence-corrected chi connectivity index (χ0v) is 9.18. The Hall–Kier alpha value is -2.74. The Kier molecular flexibility index (Phi) is 2.27. The first-order valence-electron chi connectivity index (χ1n) is 5.29. The molecule has 0 aliphatic carbocycles. The Balaban J connectivity index is 2.27. The molecule has 2 heterocycles. The van der Waals surface area contributed by atoms with Gasteiger partial charge in [0, 0.05) is 5.56 Å². The van der Waals surface area contributed by atoms with Crippen molar-refractivity contribution in [2.45, 2.75) is 0 Å². The molecule has 2 aromatic heterocycles. The zero-order valence-electron chi connectivity index (χ0n) is 9.18. The lowest BCUT2D eigenvalue weighted by Gasteiger charge is -1.97. The van der Waals surface area contributed by atoms with E-state index >= 15 is 0 Å². The highest BCUT2D eigenvalue weighted by Crippen LogP contribution is 2.25. The molecular weight excluding hydrogens is 231 g/mol. The van der Waals surface area contributed by atoms with E-state index in [1.165, 1.54) is 12.1 Å². The number of benzene rings is 1. The van der Waals surface area contributed by atoms with Crippen molar-refractivity contribution in [2.24, 2.45) is 0 Å². The van der Waals surface area contributed by atoms with E-state index in [-0.39, 0.29) is 5.82 Å². The minimum atomic E-state index is -0.333. The summed E-state index contributed by atoms with van der Waals surface area (Å²) in [5, 5.41) is 15.8. The number of nitriles is 1. The summed E-state index contributed by atoms with van der Waals surface area (Å²) in [7, 11) is 0. The van der Waals surface area contributed by atoms with Gasteiger partial charge in [-0.2, -0.15) is 10.4 Å². The summed E-state index contributed by atoms with van der Waals surface area (Å²) in [5.74, 6) is -0.333. The molecule has 0 amide bonds. The Labute approximate surface area is 102 Å². The highest BCUT2D eigenvalue weighted by molar-refractivity contribution is 5.89. The number of hydrogen-bond acceptors (Lipinski definition) is 3. The number of fused-ring (bicyclic) bond motifs is 1. The van der Waals surface area contributed by atoms with E-state index in [2.05, 4.69) is 15.2 Å². The average Bonchev–Trinajstić information content (AvgIpc) is 2.81. The third-order valence-electron chi connectivity index (χ3n) is 2.62. The molecule has 86 valence electrons. The fourth-order valence-electron chi connectivity index (χ4n) is 1.80. The Morgan fingerprint density at radius 3 is 2.89 bits per heavy atom. The van der Waals surface area contributed by atoms with Gasteiger partial charge in [-0.25, -0.2) is 9.37 Å². The summed E-state index contributed by atoms with van der Waals surface area (Å²) in [4.78, 5) is 4.18. The normalized spacial score (nSPS) is 10.4. The first-order valence-corrected chi connectivity index (χ1v) is 5.29. The van der Waals surface area contributed by atoms with Gasteiger partial charge in [0.2, 0.25) is 0 Å². The van der Waals surface area contributed by atoms with E-state index < -0.39 is 0 Å². The number of pyridine rings is 1. The summed E-state index contributed by atoms with van der Waals surface area (Å²) >= 11 is 0. The minimum absolute atomic E-state index is 0.307.